The van der Waals surface area contributed by atoms with Gasteiger partial charge in [0.2, 0.25) is 0 Å². The van der Waals surface area contributed by atoms with Gasteiger partial charge in [0.1, 0.15) is 18.7 Å². The summed E-state index contributed by atoms with van der Waals surface area (Å²) in [6.45, 7) is 0. The van der Waals surface area contributed by atoms with E-state index in [2.05, 4.69) is 46.7 Å². The lowest BCUT2D eigenvalue weighted by molar-refractivity contribution is -0.510. The van der Waals surface area contributed by atoms with E-state index in [1.54, 1.807) is 11.8 Å². The summed E-state index contributed by atoms with van der Waals surface area (Å²) >= 11 is 5.06. The molecular weight excluding hydrogens is 302 g/mol. The predicted octanol–water partition coefficient (Wildman–Crippen LogP) is 1.93. The molecule has 0 aliphatic rings. The van der Waals surface area contributed by atoms with Crippen LogP contribution in [0.5, 0.6) is 0 Å². The maximum Gasteiger partial charge on any atom is 0.284 e. The minimum absolute atomic E-state index is 0.828. The van der Waals surface area contributed by atoms with Crippen molar-refractivity contribution in [3.8, 4) is 0 Å². The first-order chi connectivity index (χ1) is 8.31. The second-order valence-corrected chi connectivity index (χ2v) is 5.38. The molecule has 7 heteroatoms. The van der Waals surface area contributed by atoms with Gasteiger partial charge in [0.25, 0.3) is 5.65 Å². The molecule has 3 heterocycles. The molecule has 0 amide bonds. The number of aromatic nitrogens is 5. The Balaban J connectivity index is 1.81. The molecule has 0 fully saturated rings. The first kappa shape index (κ1) is 10.8. The normalized spacial score (nSPS) is 11.1. The fourth-order valence-electron chi connectivity index (χ4n) is 1.55. The minimum atomic E-state index is 0.828. The van der Waals surface area contributed by atoms with Gasteiger partial charge in [-0.3, -0.25) is 5.10 Å². The fraction of sp³-hybridized carbons (Fsp3) is 0.100. The highest BCUT2D eigenvalue weighted by molar-refractivity contribution is 9.10. The van der Waals surface area contributed by atoms with Crippen LogP contribution in [0.25, 0.3) is 5.65 Å². The summed E-state index contributed by atoms with van der Waals surface area (Å²) in [6.07, 6.45) is 5.61. The number of rotatable bonds is 3. The van der Waals surface area contributed by atoms with E-state index in [0.29, 0.717) is 0 Å². The van der Waals surface area contributed by atoms with Gasteiger partial charge in [0.15, 0.2) is 10.9 Å². The van der Waals surface area contributed by atoms with Gasteiger partial charge in [-0.05, 0) is 22.0 Å². The highest BCUT2D eigenvalue weighted by atomic mass is 79.9. The first-order valence-electron chi connectivity index (χ1n) is 4.98. The molecule has 0 saturated carbocycles. The van der Waals surface area contributed by atoms with Crippen LogP contribution in [0.15, 0.2) is 40.5 Å². The molecule has 5 nitrogen and oxygen atoms in total. The standard InChI is InChI=1S/C10H8BrN5S/c11-7-1-2-9-14-8(4-16(9)3-7)5-17-10-12-6-13-15-10/h1-4,6H,5H2,(H,12,13,15)/p+1. The average Bonchev–Trinajstić information content (AvgIpc) is 2.94. The number of hydrogen-bond donors (Lipinski definition) is 2. The van der Waals surface area contributed by atoms with Crippen molar-refractivity contribution in [1.82, 2.24) is 20.2 Å². The van der Waals surface area contributed by atoms with Crippen molar-refractivity contribution in [2.75, 3.05) is 0 Å². The topological polar surface area (TPSA) is 61.5 Å². The summed E-state index contributed by atoms with van der Waals surface area (Å²) in [6, 6.07) is 4.05. The molecule has 0 aromatic carbocycles. The molecule has 0 aliphatic carbocycles. The number of fused-ring (bicyclic) bond motifs is 1. The molecule has 0 atom stereocenters. The summed E-state index contributed by atoms with van der Waals surface area (Å²) in [5.74, 6) is 0.828. The van der Waals surface area contributed by atoms with Crippen LogP contribution in [-0.2, 0) is 5.75 Å². The van der Waals surface area contributed by atoms with Gasteiger partial charge >= 0.3 is 0 Å². The van der Waals surface area contributed by atoms with Crippen molar-refractivity contribution in [2.24, 2.45) is 0 Å². The molecule has 0 saturated heterocycles. The Labute approximate surface area is 110 Å². The largest absolute Gasteiger partial charge is 0.284 e. The van der Waals surface area contributed by atoms with Gasteiger partial charge < -0.3 is 0 Å². The summed E-state index contributed by atoms with van der Waals surface area (Å²) in [4.78, 5) is 7.41. The number of hydrogen-bond acceptors (Lipinski definition) is 3. The highest BCUT2D eigenvalue weighted by Gasteiger charge is 2.09. The van der Waals surface area contributed by atoms with E-state index in [1.807, 2.05) is 18.3 Å². The van der Waals surface area contributed by atoms with Crippen molar-refractivity contribution < 1.29 is 4.40 Å². The Bertz CT molecular complexity index is 633. The van der Waals surface area contributed by atoms with Crippen LogP contribution >= 0.6 is 27.7 Å². The number of nitrogens with zero attached hydrogens (tertiary/aromatic N) is 3. The van der Waals surface area contributed by atoms with Crippen molar-refractivity contribution in [2.45, 2.75) is 10.9 Å². The minimum Gasteiger partial charge on any atom is -0.254 e. The van der Waals surface area contributed by atoms with Gasteiger partial charge in [-0.1, -0.05) is 11.8 Å². The second-order valence-electron chi connectivity index (χ2n) is 3.50. The monoisotopic (exact) mass is 310 g/mol. The molecule has 0 unspecified atom stereocenters. The van der Waals surface area contributed by atoms with Crippen LogP contribution < -0.4 is 4.40 Å². The molecule has 2 N–H and O–H groups in total. The Morgan fingerprint density at radius 3 is 3.12 bits per heavy atom. The number of aromatic amines is 2. The van der Waals surface area contributed by atoms with Crippen LogP contribution in [0.3, 0.4) is 0 Å². The Kier molecular flexibility index (Phi) is 2.86. The highest BCUT2D eigenvalue weighted by Crippen LogP contribution is 2.17. The van der Waals surface area contributed by atoms with Crippen molar-refractivity contribution >= 4 is 33.3 Å². The third-order valence-electron chi connectivity index (χ3n) is 2.28. The summed E-state index contributed by atoms with van der Waals surface area (Å²) in [5.41, 5.74) is 2.21. The van der Waals surface area contributed by atoms with E-state index in [1.165, 1.54) is 6.33 Å². The number of H-pyrrole nitrogens is 2. The van der Waals surface area contributed by atoms with Crippen LogP contribution in [0, 0.1) is 0 Å². The van der Waals surface area contributed by atoms with Gasteiger partial charge in [-0.15, -0.1) is 0 Å². The molecular formula is C10H9BrN5S+. The van der Waals surface area contributed by atoms with Gasteiger partial charge in [-0.25, -0.2) is 14.4 Å². The zero-order chi connectivity index (χ0) is 11.7. The molecule has 3 aromatic rings. The van der Waals surface area contributed by atoms with Gasteiger partial charge in [0, 0.05) is 6.07 Å². The lowest BCUT2D eigenvalue weighted by atomic mass is 10.5. The molecule has 0 radical (unpaired) electrons. The Morgan fingerprint density at radius 2 is 2.29 bits per heavy atom. The third kappa shape index (κ3) is 2.34. The Hall–Kier alpha value is -1.34. The number of thioether (sulfide) groups is 1. The molecule has 17 heavy (non-hydrogen) atoms. The summed E-state index contributed by atoms with van der Waals surface area (Å²) in [5, 5.41) is 7.46. The first-order valence-corrected chi connectivity index (χ1v) is 6.76. The maximum absolute atomic E-state index is 4.07. The third-order valence-corrected chi connectivity index (χ3v) is 3.68. The zero-order valence-electron chi connectivity index (χ0n) is 8.72. The van der Waals surface area contributed by atoms with E-state index in [-0.39, 0.29) is 0 Å². The quantitative estimate of drug-likeness (QED) is 0.574. The number of halogens is 1. The van der Waals surface area contributed by atoms with Crippen LogP contribution in [0.1, 0.15) is 5.69 Å². The van der Waals surface area contributed by atoms with Crippen LogP contribution in [-0.4, -0.2) is 20.2 Å². The zero-order valence-corrected chi connectivity index (χ0v) is 11.1. The van der Waals surface area contributed by atoms with Gasteiger partial charge in [0.05, 0.1) is 10.2 Å². The second kappa shape index (κ2) is 4.50. The fourth-order valence-corrected chi connectivity index (χ4v) is 2.58. The molecule has 3 rings (SSSR count). The molecule has 0 aliphatic heterocycles. The van der Waals surface area contributed by atoms with E-state index >= 15 is 0 Å². The number of imidazole rings is 1. The van der Waals surface area contributed by atoms with E-state index < -0.39 is 0 Å². The molecule has 0 spiro atoms. The van der Waals surface area contributed by atoms with E-state index in [4.69, 9.17) is 0 Å². The Morgan fingerprint density at radius 1 is 1.35 bits per heavy atom. The summed E-state index contributed by atoms with van der Waals surface area (Å²) < 4.78 is 3.11. The molecule has 0 bridgehead atoms. The predicted molar refractivity (Wildman–Crippen MR) is 67.6 cm³/mol. The lowest BCUT2D eigenvalue weighted by Gasteiger charge is -1.88. The maximum atomic E-state index is 4.07. The van der Waals surface area contributed by atoms with Crippen molar-refractivity contribution in [3.63, 3.8) is 0 Å². The number of nitrogens with one attached hydrogen (secondary N) is 2. The smallest absolute Gasteiger partial charge is 0.254 e. The lowest BCUT2D eigenvalue weighted by Crippen LogP contribution is -2.16. The number of pyridine rings is 1. The molecule has 86 valence electrons. The van der Waals surface area contributed by atoms with Gasteiger partial charge in [-0.2, -0.15) is 5.10 Å². The van der Waals surface area contributed by atoms with Crippen LogP contribution in [0.2, 0.25) is 0 Å². The molecule has 3 aromatic heterocycles. The summed E-state index contributed by atoms with van der Waals surface area (Å²) in [7, 11) is 0. The SMILES string of the molecule is Brc1ccc2[nH]c(CSc3ncn[nH]3)c[n+]2c1. The van der Waals surface area contributed by atoms with E-state index in [0.717, 1.165) is 26.7 Å². The van der Waals surface area contributed by atoms with E-state index in [9.17, 15) is 0 Å². The average molecular weight is 311 g/mol. The van der Waals surface area contributed by atoms with Crippen molar-refractivity contribution in [3.05, 3.63) is 41.0 Å². The van der Waals surface area contributed by atoms with Crippen molar-refractivity contribution in [1.29, 1.82) is 0 Å². The van der Waals surface area contributed by atoms with Crippen LogP contribution in [0.4, 0.5) is 0 Å².